The summed E-state index contributed by atoms with van der Waals surface area (Å²) in [5, 5.41) is 3.65. The summed E-state index contributed by atoms with van der Waals surface area (Å²) >= 11 is 14.6. The fourth-order valence-electron chi connectivity index (χ4n) is 2.32. The molecular weight excluding hydrogens is 451 g/mol. The van der Waals surface area contributed by atoms with Crippen LogP contribution in [0.2, 0.25) is 10.0 Å². The molecule has 0 radical (unpaired) electrons. The Labute approximate surface area is 185 Å². The van der Waals surface area contributed by atoms with Gasteiger partial charge in [0.25, 0.3) is 0 Å². The van der Waals surface area contributed by atoms with Crippen LogP contribution in [0.3, 0.4) is 0 Å². The number of benzene rings is 1. The van der Waals surface area contributed by atoms with Gasteiger partial charge in [-0.15, -0.1) is 17.9 Å². The average molecular weight is 467 g/mol. The Morgan fingerprint density at radius 3 is 2.55 bits per heavy atom. The Balaban J connectivity index is 1.76. The summed E-state index contributed by atoms with van der Waals surface area (Å²) in [4.78, 5) is 27.0. The van der Waals surface area contributed by atoms with E-state index in [9.17, 15) is 4.79 Å². The largest absolute Gasteiger partial charge is 0.383 e. The highest BCUT2D eigenvalue weighted by atomic mass is 35.5. The van der Waals surface area contributed by atoms with Crippen molar-refractivity contribution in [1.29, 1.82) is 0 Å². The van der Waals surface area contributed by atoms with E-state index < -0.39 is 0 Å². The number of carbonyl (C=O) groups is 1. The SMILES string of the molecule is C=CCN(C(=O)CSc1nc(N)cc(N)n1)c1nc(-c2ccc(Cl)c(Cl)c2)cs1. The van der Waals surface area contributed by atoms with Gasteiger partial charge in [0.2, 0.25) is 5.91 Å². The summed E-state index contributed by atoms with van der Waals surface area (Å²) in [5.41, 5.74) is 12.8. The van der Waals surface area contributed by atoms with Crippen LogP contribution in [-0.2, 0) is 4.79 Å². The summed E-state index contributed by atoms with van der Waals surface area (Å²) in [5.74, 6) is 0.427. The van der Waals surface area contributed by atoms with E-state index in [0.29, 0.717) is 32.6 Å². The number of hydrogen-bond acceptors (Lipinski definition) is 8. The number of halogens is 2. The maximum absolute atomic E-state index is 12.8. The van der Waals surface area contributed by atoms with Crippen molar-refractivity contribution in [2.45, 2.75) is 5.16 Å². The topological polar surface area (TPSA) is 111 Å². The van der Waals surface area contributed by atoms with Gasteiger partial charge >= 0.3 is 0 Å². The average Bonchev–Trinajstić information content (AvgIpc) is 3.15. The van der Waals surface area contributed by atoms with Crippen LogP contribution in [0.5, 0.6) is 0 Å². The fraction of sp³-hybridized carbons (Fsp3) is 0.111. The molecule has 2 heterocycles. The summed E-state index contributed by atoms with van der Waals surface area (Å²) in [6, 6.07) is 6.72. The molecule has 0 fully saturated rings. The zero-order valence-corrected chi connectivity index (χ0v) is 18.2. The van der Waals surface area contributed by atoms with Crippen LogP contribution >= 0.6 is 46.3 Å². The molecule has 0 saturated heterocycles. The molecule has 7 nitrogen and oxygen atoms in total. The van der Waals surface area contributed by atoms with Crippen LogP contribution in [0.1, 0.15) is 0 Å². The highest BCUT2D eigenvalue weighted by Gasteiger charge is 2.19. The summed E-state index contributed by atoms with van der Waals surface area (Å²) in [7, 11) is 0. The van der Waals surface area contributed by atoms with Gasteiger partial charge in [0.05, 0.1) is 21.5 Å². The van der Waals surface area contributed by atoms with Crippen molar-refractivity contribution >= 4 is 69.0 Å². The molecule has 0 aliphatic heterocycles. The molecule has 4 N–H and O–H groups in total. The Morgan fingerprint density at radius 2 is 1.90 bits per heavy atom. The van der Waals surface area contributed by atoms with Crippen molar-refractivity contribution in [3.05, 3.63) is 52.3 Å². The van der Waals surface area contributed by atoms with Crippen LogP contribution in [0.25, 0.3) is 11.3 Å². The Bertz CT molecular complexity index is 1040. The van der Waals surface area contributed by atoms with Crippen molar-refractivity contribution in [1.82, 2.24) is 15.0 Å². The van der Waals surface area contributed by atoms with Crippen LogP contribution < -0.4 is 16.4 Å². The molecule has 0 aliphatic carbocycles. The first-order valence-corrected chi connectivity index (χ1v) is 10.8. The van der Waals surface area contributed by atoms with Crippen molar-refractivity contribution in [3.63, 3.8) is 0 Å². The maximum Gasteiger partial charge on any atom is 0.239 e. The van der Waals surface area contributed by atoms with Gasteiger partial charge in [-0.2, -0.15) is 0 Å². The lowest BCUT2D eigenvalue weighted by atomic mass is 10.2. The molecule has 0 saturated carbocycles. The Hall–Kier alpha value is -2.33. The first-order valence-electron chi connectivity index (χ1n) is 8.22. The molecule has 1 amide bonds. The predicted molar refractivity (Wildman–Crippen MR) is 122 cm³/mol. The van der Waals surface area contributed by atoms with E-state index in [4.69, 9.17) is 34.7 Å². The number of nitrogens with two attached hydrogens (primary N) is 2. The third kappa shape index (κ3) is 5.39. The van der Waals surface area contributed by atoms with E-state index in [1.807, 2.05) is 11.4 Å². The first-order chi connectivity index (χ1) is 13.9. The van der Waals surface area contributed by atoms with E-state index >= 15 is 0 Å². The maximum atomic E-state index is 12.8. The number of anilines is 3. The third-order valence-corrected chi connectivity index (χ3v) is 6.06. The molecule has 0 atom stereocenters. The number of thioether (sulfide) groups is 1. The molecular formula is C18H16Cl2N6OS2. The second-order valence-corrected chi connectivity index (χ2v) is 8.32. The lowest BCUT2D eigenvalue weighted by Crippen LogP contribution is -2.32. The van der Waals surface area contributed by atoms with Crippen LogP contribution in [-0.4, -0.2) is 33.2 Å². The number of hydrogen-bond donors (Lipinski definition) is 2. The minimum Gasteiger partial charge on any atom is -0.383 e. The molecule has 29 heavy (non-hydrogen) atoms. The standard InChI is InChI=1S/C18H16Cl2N6OS2/c1-2-5-26(16(27)9-28-17-24-14(21)7-15(22)25-17)18-23-13(8-29-18)10-3-4-11(19)12(20)6-10/h2-4,6-8H,1,5,9H2,(H4,21,22,24,25). The zero-order chi connectivity index (χ0) is 21.0. The van der Waals surface area contributed by atoms with Gasteiger partial charge < -0.3 is 11.5 Å². The zero-order valence-electron chi connectivity index (χ0n) is 15.0. The van der Waals surface area contributed by atoms with Gasteiger partial charge in [-0.25, -0.2) is 15.0 Å². The smallest absolute Gasteiger partial charge is 0.239 e. The first kappa shape index (κ1) is 21.4. The number of rotatable bonds is 7. The molecule has 11 heteroatoms. The van der Waals surface area contributed by atoms with Gasteiger partial charge in [-0.1, -0.05) is 47.1 Å². The van der Waals surface area contributed by atoms with Gasteiger partial charge in [0.1, 0.15) is 11.6 Å². The number of carbonyl (C=O) groups excluding carboxylic acids is 1. The van der Waals surface area contributed by atoms with E-state index in [0.717, 1.165) is 17.3 Å². The van der Waals surface area contributed by atoms with E-state index in [-0.39, 0.29) is 23.3 Å². The number of nitrogens with zero attached hydrogens (tertiary/aromatic N) is 4. The summed E-state index contributed by atoms with van der Waals surface area (Å²) < 4.78 is 0. The monoisotopic (exact) mass is 466 g/mol. The van der Waals surface area contributed by atoms with E-state index in [2.05, 4.69) is 21.5 Å². The molecule has 0 spiro atoms. The number of aromatic nitrogens is 3. The number of thiazole rings is 1. The summed E-state index contributed by atoms with van der Waals surface area (Å²) in [6.45, 7) is 4.04. The highest BCUT2D eigenvalue weighted by molar-refractivity contribution is 7.99. The van der Waals surface area contributed by atoms with Gasteiger partial charge in [0.15, 0.2) is 10.3 Å². The third-order valence-electron chi connectivity index (χ3n) is 3.62. The Kier molecular flexibility index (Phi) is 6.96. The molecule has 0 aliphatic rings. The molecule has 0 bridgehead atoms. The van der Waals surface area contributed by atoms with Gasteiger partial charge in [-0.3, -0.25) is 9.69 Å². The van der Waals surface area contributed by atoms with Crippen molar-refractivity contribution in [3.8, 4) is 11.3 Å². The molecule has 150 valence electrons. The van der Waals surface area contributed by atoms with Gasteiger partial charge in [0, 0.05) is 23.6 Å². The van der Waals surface area contributed by atoms with E-state index in [1.165, 1.54) is 17.4 Å². The number of amides is 1. The minimum absolute atomic E-state index is 0.0957. The molecule has 0 unspecified atom stereocenters. The lowest BCUT2D eigenvalue weighted by Gasteiger charge is -2.17. The lowest BCUT2D eigenvalue weighted by molar-refractivity contribution is -0.116. The second kappa shape index (κ2) is 9.45. The minimum atomic E-state index is -0.172. The van der Waals surface area contributed by atoms with Crippen molar-refractivity contribution in [2.75, 3.05) is 28.7 Å². The van der Waals surface area contributed by atoms with Gasteiger partial charge in [-0.05, 0) is 12.1 Å². The van der Waals surface area contributed by atoms with Crippen LogP contribution in [0.15, 0.2) is 47.5 Å². The van der Waals surface area contributed by atoms with E-state index in [1.54, 1.807) is 23.1 Å². The predicted octanol–water partition coefficient (Wildman–Crippen LogP) is 4.38. The molecule has 3 rings (SSSR count). The van der Waals surface area contributed by atoms with Crippen molar-refractivity contribution < 1.29 is 4.79 Å². The molecule has 2 aromatic heterocycles. The van der Waals surface area contributed by atoms with Crippen LogP contribution in [0, 0.1) is 0 Å². The van der Waals surface area contributed by atoms with Crippen molar-refractivity contribution in [2.24, 2.45) is 0 Å². The number of nitrogen functional groups attached to an aromatic ring is 2. The second-order valence-electron chi connectivity index (χ2n) is 5.73. The van der Waals surface area contributed by atoms with Crippen LogP contribution in [0.4, 0.5) is 16.8 Å². The normalized spacial score (nSPS) is 10.7. The fourth-order valence-corrected chi connectivity index (χ4v) is 4.23. The highest BCUT2D eigenvalue weighted by Crippen LogP contribution is 2.32. The molecule has 3 aromatic rings. The quantitative estimate of drug-likeness (QED) is 0.301. The molecule has 1 aromatic carbocycles. The summed E-state index contributed by atoms with van der Waals surface area (Å²) in [6.07, 6.45) is 1.64. The Morgan fingerprint density at radius 1 is 1.17 bits per heavy atom.